The summed E-state index contributed by atoms with van der Waals surface area (Å²) >= 11 is 0. The summed E-state index contributed by atoms with van der Waals surface area (Å²) in [4.78, 5) is 0. The third kappa shape index (κ3) is 1.59. The fraction of sp³-hybridized carbons (Fsp3) is 0.895. The molecule has 0 bridgehead atoms. The summed E-state index contributed by atoms with van der Waals surface area (Å²) < 4.78 is 0. The summed E-state index contributed by atoms with van der Waals surface area (Å²) in [6, 6.07) is 0. The molecule has 4 aliphatic carbocycles. The van der Waals surface area contributed by atoms with Gasteiger partial charge in [0.05, 0.1) is 6.10 Å². The second-order valence-electron chi connectivity index (χ2n) is 8.71. The Morgan fingerprint density at radius 3 is 2.55 bits per heavy atom. The van der Waals surface area contributed by atoms with E-state index < -0.39 is 0 Å². The zero-order chi connectivity index (χ0) is 14.0. The number of hydrogen-bond donors (Lipinski definition) is 1. The van der Waals surface area contributed by atoms with Crippen molar-refractivity contribution in [3.8, 4) is 0 Å². The largest absolute Gasteiger partial charge is 0.393 e. The highest BCUT2D eigenvalue weighted by atomic mass is 16.3. The van der Waals surface area contributed by atoms with Crippen LogP contribution in [0.2, 0.25) is 0 Å². The molecule has 0 radical (unpaired) electrons. The Hall–Kier alpha value is -0.300. The van der Waals surface area contributed by atoms with Crippen molar-refractivity contribution in [1.82, 2.24) is 0 Å². The quantitative estimate of drug-likeness (QED) is 0.642. The molecule has 0 heterocycles. The summed E-state index contributed by atoms with van der Waals surface area (Å²) in [7, 11) is 0. The Bertz CT molecular complexity index is 427. The van der Waals surface area contributed by atoms with Crippen molar-refractivity contribution in [2.45, 2.75) is 71.3 Å². The van der Waals surface area contributed by atoms with E-state index >= 15 is 0 Å². The molecular formula is C19H30O. The molecule has 4 aliphatic rings. The number of allylic oxidation sites excluding steroid dienone is 2. The van der Waals surface area contributed by atoms with Crippen LogP contribution in [0.4, 0.5) is 0 Å². The molecule has 0 saturated heterocycles. The molecule has 0 spiro atoms. The highest BCUT2D eigenvalue weighted by molar-refractivity contribution is 5.12. The van der Waals surface area contributed by atoms with Crippen LogP contribution < -0.4 is 0 Å². The summed E-state index contributed by atoms with van der Waals surface area (Å²) in [5.74, 6) is 3.57. The third-order valence-corrected chi connectivity index (χ3v) is 8.16. The molecule has 20 heavy (non-hydrogen) atoms. The van der Waals surface area contributed by atoms with E-state index in [4.69, 9.17) is 0 Å². The average Bonchev–Trinajstić information content (AvgIpc) is 2.74. The standard InChI is InChI=1S/C19H30O/c1-18-11-4-3-5-13(18)6-7-14-15-8-9-17(20)19(15,2)12-10-16(14)18/h3-4,13-17,20H,5-12H2,1-2H3/t13?,14-,15-,16+,17?,18-,19-/m0/s1. The predicted octanol–water partition coefficient (Wildman–Crippen LogP) is 4.56. The van der Waals surface area contributed by atoms with Crippen LogP contribution >= 0.6 is 0 Å². The molecule has 4 rings (SSSR count). The molecule has 0 aromatic rings. The maximum atomic E-state index is 10.5. The number of rotatable bonds is 0. The first-order chi connectivity index (χ1) is 9.56. The van der Waals surface area contributed by atoms with Gasteiger partial charge in [-0.2, -0.15) is 0 Å². The fourth-order valence-corrected chi connectivity index (χ4v) is 6.81. The number of aliphatic hydroxyl groups excluding tert-OH is 1. The second-order valence-corrected chi connectivity index (χ2v) is 8.71. The van der Waals surface area contributed by atoms with E-state index in [-0.39, 0.29) is 11.5 Å². The average molecular weight is 274 g/mol. The third-order valence-electron chi connectivity index (χ3n) is 8.16. The van der Waals surface area contributed by atoms with Crippen LogP contribution in [0.25, 0.3) is 0 Å². The first kappa shape index (κ1) is 13.4. The molecule has 0 aromatic carbocycles. The van der Waals surface area contributed by atoms with Crippen molar-refractivity contribution in [1.29, 1.82) is 0 Å². The molecule has 112 valence electrons. The van der Waals surface area contributed by atoms with Crippen LogP contribution in [-0.4, -0.2) is 11.2 Å². The maximum absolute atomic E-state index is 10.5. The Labute approximate surface area is 123 Å². The SMILES string of the molecule is C[C@]12CC=CCC1CC[C@@H]1[C@H]2CC[C@]2(C)C(O)CC[C@@H]12. The lowest BCUT2D eigenvalue weighted by Gasteiger charge is -2.59. The highest BCUT2D eigenvalue weighted by Gasteiger charge is 2.59. The van der Waals surface area contributed by atoms with Gasteiger partial charge in [-0.25, -0.2) is 0 Å². The lowest BCUT2D eigenvalue weighted by Crippen LogP contribution is -2.52. The van der Waals surface area contributed by atoms with E-state index in [0.29, 0.717) is 5.41 Å². The van der Waals surface area contributed by atoms with Crippen molar-refractivity contribution in [2.75, 3.05) is 0 Å². The van der Waals surface area contributed by atoms with Gasteiger partial charge in [0.15, 0.2) is 0 Å². The summed E-state index contributed by atoms with van der Waals surface area (Å²) in [6.07, 6.45) is 15.4. The number of hydrogen-bond acceptors (Lipinski definition) is 1. The van der Waals surface area contributed by atoms with Gasteiger partial charge < -0.3 is 5.11 Å². The van der Waals surface area contributed by atoms with Crippen LogP contribution in [0.5, 0.6) is 0 Å². The maximum Gasteiger partial charge on any atom is 0.0596 e. The second kappa shape index (κ2) is 4.35. The minimum absolute atomic E-state index is 0.0229. The molecule has 7 atom stereocenters. The summed E-state index contributed by atoms with van der Waals surface area (Å²) in [5.41, 5.74) is 0.807. The predicted molar refractivity (Wildman–Crippen MR) is 82.3 cm³/mol. The first-order valence-electron chi connectivity index (χ1n) is 8.89. The van der Waals surface area contributed by atoms with E-state index in [1.807, 2.05) is 0 Å². The minimum Gasteiger partial charge on any atom is -0.393 e. The van der Waals surface area contributed by atoms with Crippen LogP contribution in [0.3, 0.4) is 0 Å². The van der Waals surface area contributed by atoms with Gasteiger partial charge in [0.25, 0.3) is 0 Å². The molecule has 1 nitrogen and oxygen atoms in total. The Morgan fingerprint density at radius 1 is 0.900 bits per heavy atom. The first-order valence-corrected chi connectivity index (χ1v) is 8.89. The van der Waals surface area contributed by atoms with E-state index in [9.17, 15) is 5.11 Å². The topological polar surface area (TPSA) is 20.2 Å². The van der Waals surface area contributed by atoms with Crippen molar-refractivity contribution < 1.29 is 5.11 Å². The number of aliphatic hydroxyl groups is 1. The van der Waals surface area contributed by atoms with Gasteiger partial charge in [0, 0.05) is 0 Å². The monoisotopic (exact) mass is 274 g/mol. The van der Waals surface area contributed by atoms with Gasteiger partial charge in [-0.15, -0.1) is 0 Å². The van der Waals surface area contributed by atoms with Gasteiger partial charge >= 0.3 is 0 Å². The molecule has 0 amide bonds. The number of fused-ring (bicyclic) bond motifs is 5. The van der Waals surface area contributed by atoms with Crippen LogP contribution in [0, 0.1) is 34.5 Å². The molecule has 2 unspecified atom stereocenters. The zero-order valence-electron chi connectivity index (χ0n) is 13.1. The van der Waals surface area contributed by atoms with Gasteiger partial charge in [-0.05, 0) is 85.9 Å². The fourth-order valence-electron chi connectivity index (χ4n) is 6.81. The van der Waals surface area contributed by atoms with Crippen molar-refractivity contribution in [3.05, 3.63) is 12.2 Å². The molecule has 0 aromatic heterocycles. The van der Waals surface area contributed by atoms with E-state index in [1.165, 1.54) is 44.9 Å². The van der Waals surface area contributed by atoms with Crippen LogP contribution in [0.1, 0.15) is 65.2 Å². The van der Waals surface area contributed by atoms with Crippen molar-refractivity contribution in [3.63, 3.8) is 0 Å². The van der Waals surface area contributed by atoms with Crippen LogP contribution in [0.15, 0.2) is 12.2 Å². The Morgan fingerprint density at radius 2 is 1.70 bits per heavy atom. The molecule has 0 aliphatic heterocycles. The lowest BCUT2D eigenvalue weighted by molar-refractivity contribution is -0.108. The summed E-state index contributed by atoms with van der Waals surface area (Å²) in [5, 5.41) is 10.5. The Balaban J connectivity index is 1.66. The lowest BCUT2D eigenvalue weighted by atomic mass is 9.46. The molecule has 3 saturated carbocycles. The normalized spacial score (nSPS) is 57.9. The van der Waals surface area contributed by atoms with E-state index in [0.717, 1.165) is 30.1 Å². The van der Waals surface area contributed by atoms with Gasteiger partial charge in [0.2, 0.25) is 0 Å². The van der Waals surface area contributed by atoms with E-state index in [1.54, 1.807) is 0 Å². The molecular weight excluding hydrogens is 244 g/mol. The summed E-state index contributed by atoms with van der Waals surface area (Å²) in [6.45, 7) is 4.98. The van der Waals surface area contributed by atoms with E-state index in [2.05, 4.69) is 26.0 Å². The Kier molecular flexibility index (Phi) is 2.91. The highest BCUT2D eigenvalue weighted by Crippen LogP contribution is 2.65. The smallest absolute Gasteiger partial charge is 0.0596 e. The van der Waals surface area contributed by atoms with Crippen molar-refractivity contribution >= 4 is 0 Å². The van der Waals surface area contributed by atoms with Crippen molar-refractivity contribution in [2.24, 2.45) is 34.5 Å². The molecule has 1 heteroatoms. The van der Waals surface area contributed by atoms with Gasteiger partial charge in [-0.1, -0.05) is 26.0 Å². The minimum atomic E-state index is -0.0229. The zero-order valence-corrected chi connectivity index (χ0v) is 13.1. The molecule has 1 N–H and O–H groups in total. The van der Waals surface area contributed by atoms with Gasteiger partial charge in [0.1, 0.15) is 0 Å². The van der Waals surface area contributed by atoms with Crippen LogP contribution in [-0.2, 0) is 0 Å². The molecule has 3 fully saturated rings. The van der Waals surface area contributed by atoms with Gasteiger partial charge in [-0.3, -0.25) is 0 Å².